The zero-order valence-corrected chi connectivity index (χ0v) is 15.2. The van der Waals surface area contributed by atoms with Crippen LogP contribution in [-0.4, -0.2) is 20.7 Å². The van der Waals surface area contributed by atoms with Gasteiger partial charge in [0.15, 0.2) is 5.69 Å². The molecule has 2 aromatic heterocycles. The number of benzene rings is 1. The monoisotopic (exact) mass is 381 g/mol. The van der Waals surface area contributed by atoms with E-state index in [2.05, 4.69) is 21.0 Å². The number of aromatic amines is 1. The topological polar surface area (TPSA) is 122 Å². The SMILES string of the molecule is N#Cc1nc(-c2ccc(F)cc2)[nH]c1[C@@H](N)CCCCCC(=O)c1ncco1. The molecule has 2 heterocycles. The third-order valence-electron chi connectivity index (χ3n) is 4.42. The van der Waals surface area contributed by atoms with Gasteiger partial charge in [0.25, 0.3) is 5.89 Å². The number of rotatable bonds is 9. The number of hydrogen-bond acceptors (Lipinski definition) is 6. The Kier molecular flexibility index (Phi) is 6.29. The van der Waals surface area contributed by atoms with E-state index in [9.17, 15) is 14.4 Å². The molecule has 7 nitrogen and oxygen atoms in total. The highest BCUT2D eigenvalue weighted by Gasteiger charge is 2.17. The number of nitrogens with zero attached hydrogens (tertiary/aromatic N) is 3. The Morgan fingerprint density at radius 1 is 1.29 bits per heavy atom. The van der Waals surface area contributed by atoms with Crippen molar-refractivity contribution in [1.29, 1.82) is 5.26 Å². The van der Waals surface area contributed by atoms with Gasteiger partial charge in [-0.25, -0.2) is 14.4 Å². The summed E-state index contributed by atoms with van der Waals surface area (Å²) in [6.07, 6.45) is 6.18. The summed E-state index contributed by atoms with van der Waals surface area (Å²) in [6, 6.07) is 7.53. The minimum atomic E-state index is -0.376. The van der Waals surface area contributed by atoms with Gasteiger partial charge in [0, 0.05) is 18.0 Å². The van der Waals surface area contributed by atoms with E-state index in [1.165, 1.54) is 24.6 Å². The maximum absolute atomic E-state index is 13.1. The molecule has 0 saturated carbocycles. The largest absolute Gasteiger partial charge is 0.442 e. The van der Waals surface area contributed by atoms with E-state index in [0.29, 0.717) is 36.3 Å². The molecule has 3 N–H and O–H groups in total. The van der Waals surface area contributed by atoms with Gasteiger partial charge in [0.2, 0.25) is 5.78 Å². The molecule has 3 rings (SSSR count). The molecule has 28 heavy (non-hydrogen) atoms. The lowest BCUT2D eigenvalue weighted by molar-refractivity contribution is 0.0945. The Morgan fingerprint density at radius 3 is 2.75 bits per heavy atom. The fraction of sp³-hybridized carbons (Fsp3) is 0.300. The fourth-order valence-electron chi connectivity index (χ4n) is 2.92. The molecule has 0 aliphatic carbocycles. The normalized spacial score (nSPS) is 11.9. The summed E-state index contributed by atoms with van der Waals surface area (Å²) in [4.78, 5) is 23.0. The fourth-order valence-corrected chi connectivity index (χ4v) is 2.92. The third kappa shape index (κ3) is 4.69. The van der Waals surface area contributed by atoms with Crippen LogP contribution in [0.2, 0.25) is 0 Å². The van der Waals surface area contributed by atoms with Crippen molar-refractivity contribution >= 4 is 5.78 Å². The first-order valence-corrected chi connectivity index (χ1v) is 9.02. The second kappa shape index (κ2) is 9.06. The molecule has 0 radical (unpaired) electrons. The van der Waals surface area contributed by atoms with Gasteiger partial charge in [-0.2, -0.15) is 5.26 Å². The van der Waals surface area contributed by atoms with Gasteiger partial charge in [-0.1, -0.05) is 12.8 Å². The zero-order valence-electron chi connectivity index (χ0n) is 15.2. The lowest BCUT2D eigenvalue weighted by Gasteiger charge is -2.09. The smallest absolute Gasteiger partial charge is 0.263 e. The van der Waals surface area contributed by atoms with E-state index in [1.54, 1.807) is 12.1 Å². The number of nitrogens with one attached hydrogen (secondary N) is 1. The predicted molar refractivity (Wildman–Crippen MR) is 99.5 cm³/mol. The van der Waals surface area contributed by atoms with Gasteiger partial charge in [0.1, 0.15) is 24.0 Å². The molecular formula is C20H20FN5O2. The minimum absolute atomic E-state index is 0.112. The first-order chi connectivity index (χ1) is 13.6. The molecule has 1 atom stereocenters. The summed E-state index contributed by atoms with van der Waals surface area (Å²) < 4.78 is 18.1. The van der Waals surface area contributed by atoms with Crippen LogP contribution in [0.5, 0.6) is 0 Å². The summed E-state index contributed by atoms with van der Waals surface area (Å²) in [7, 11) is 0. The van der Waals surface area contributed by atoms with E-state index in [1.807, 2.05) is 0 Å². The number of hydrogen-bond donors (Lipinski definition) is 2. The Bertz CT molecular complexity index is 958. The van der Waals surface area contributed by atoms with Crippen LogP contribution < -0.4 is 5.73 Å². The van der Waals surface area contributed by atoms with Crippen LogP contribution in [0.4, 0.5) is 4.39 Å². The average Bonchev–Trinajstić information content (AvgIpc) is 3.38. The molecular weight excluding hydrogens is 361 g/mol. The summed E-state index contributed by atoms with van der Waals surface area (Å²) in [5, 5.41) is 9.33. The van der Waals surface area contributed by atoms with E-state index < -0.39 is 0 Å². The van der Waals surface area contributed by atoms with Gasteiger partial charge in [-0.3, -0.25) is 4.79 Å². The molecule has 0 spiro atoms. The molecule has 0 fully saturated rings. The van der Waals surface area contributed by atoms with Crippen molar-refractivity contribution in [3.05, 3.63) is 59.8 Å². The standard InChI is InChI=1S/C20H20FN5O2/c21-14-8-6-13(7-9-14)19-25-16(12-22)18(26-19)15(23)4-2-1-3-5-17(27)20-24-10-11-28-20/h6-11,15H,1-5,23H2,(H,25,26)/t15-/m0/s1. The van der Waals surface area contributed by atoms with Crippen LogP contribution in [-0.2, 0) is 0 Å². The highest BCUT2D eigenvalue weighted by Crippen LogP contribution is 2.24. The van der Waals surface area contributed by atoms with Gasteiger partial charge in [-0.15, -0.1) is 0 Å². The van der Waals surface area contributed by atoms with E-state index in [0.717, 1.165) is 12.8 Å². The van der Waals surface area contributed by atoms with Crippen molar-refractivity contribution in [2.75, 3.05) is 0 Å². The summed E-state index contributed by atoms with van der Waals surface area (Å²) in [5.41, 5.74) is 7.72. The Hall–Kier alpha value is -3.31. The van der Waals surface area contributed by atoms with E-state index in [4.69, 9.17) is 10.2 Å². The van der Waals surface area contributed by atoms with Crippen LogP contribution in [0.1, 0.15) is 60.2 Å². The molecule has 0 saturated heterocycles. The van der Waals surface area contributed by atoms with Gasteiger partial charge in [-0.05, 0) is 37.1 Å². The Balaban J connectivity index is 1.52. The van der Waals surface area contributed by atoms with Crippen molar-refractivity contribution < 1.29 is 13.6 Å². The number of halogens is 1. The molecule has 3 aromatic rings. The number of carbonyl (C=O) groups excluding carboxylic acids is 1. The summed E-state index contributed by atoms with van der Waals surface area (Å²) >= 11 is 0. The van der Waals surface area contributed by atoms with Crippen molar-refractivity contribution in [3.63, 3.8) is 0 Å². The molecule has 144 valence electrons. The van der Waals surface area contributed by atoms with E-state index >= 15 is 0 Å². The van der Waals surface area contributed by atoms with E-state index in [-0.39, 0.29) is 29.2 Å². The lowest BCUT2D eigenvalue weighted by Crippen LogP contribution is -2.12. The molecule has 0 bridgehead atoms. The van der Waals surface area contributed by atoms with Gasteiger partial charge in [0.05, 0.1) is 11.9 Å². The summed E-state index contributed by atoms with van der Waals surface area (Å²) in [6.45, 7) is 0. The quantitative estimate of drug-likeness (QED) is 0.428. The number of unbranched alkanes of at least 4 members (excludes halogenated alkanes) is 2. The zero-order chi connectivity index (χ0) is 19.9. The van der Waals surface area contributed by atoms with Crippen molar-refractivity contribution in [2.45, 2.75) is 38.1 Å². The van der Waals surface area contributed by atoms with Gasteiger partial charge < -0.3 is 15.1 Å². The number of nitrogens with two attached hydrogens (primary N) is 1. The molecule has 0 aliphatic heterocycles. The Morgan fingerprint density at radius 2 is 2.07 bits per heavy atom. The molecule has 0 amide bonds. The van der Waals surface area contributed by atoms with Crippen molar-refractivity contribution in [2.24, 2.45) is 5.73 Å². The highest BCUT2D eigenvalue weighted by molar-refractivity contribution is 5.91. The number of oxazole rings is 1. The van der Waals surface area contributed by atoms with Crippen LogP contribution in [0.15, 0.2) is 41.1 Å². The van der Waals surface area contributed by atoms with Gasteiger partial charge >= 0.3 is 0 Å². The maximum atomic E-state index is 13.1. The second-order valence-electron chi connectivity index (χ2n) is 6.43. The lowest BCUT2D eigenvalue weighted by atomic mass is 10.0. The molecule has 8 heteroatoms. The number of Topliss-reactive ketones (excluding diaryl/α,β-unsaturated/α-hetero) is 1. The average molecular weight is 381 g/mol. The minimum Gasteiger partial charge on any atom is -0.442 e. The molecule has 0 aliphatic rings. The van der Waals surface area contributed by atoms with Crippen LogP contribution in [0.3, 0.4) is 0 Å². The van der Waals surface area contributed by atoms with Crippen LogP contribution in [0.25, 0.3) is 11.4 Å². The maximum Gasteiger partial charge on any atom is 0.263 e. The molecule has 1 aromatic carbocycles. The number of imidazole rings is 1. The van der Waals surface area contributed by atoms with Crippen molar-refractivity contribution in [1.82, 2.24) is 15.0 Å². The van der Waals surface area contributed by atoms with Crippen LogP contribution >= 0.6 is 0 Å². The number of ketones is 1. The van der Waals surface area contributed by atoms with Crippen LogP contribution in [0, 0.1) is 17.1 Å². The number of carbonyl (C=O) groups is 1. The number of nitriles is 1. The first kappa shape index (κ1) is 19.5. The third-order valence-corrected chi connectivity index (χ3v) is 4.42. The van der Waals surface area contributed by atoms with Crippen molar-refractivity contribution in [3.8, 4) is 17.5 Å². The molecule has 0 unspecified atom stereocenters. The highest BCUT2D eigenvalue weighted by atomic mass is 19.1. The first-order valence-electron chi connectivity index (χ1n) is 9.02. The second-order valence-corrected chi connectivity index (χ2v) is 6.43. The Labute approximate surface area is 161 Å². The predicted octanol–water partition coefficient (Wildman–Crippen LogP) is 3.91. The number of H-pyrrole nitrogens is 1. The number of aromatic nitrogens is 3. The summed E-state index contributed by atoms with van der Waals surface area (Å²) in [5.74, 6) is 0.173.